The van der Waals surface area contributed by atoms with Crippen molar-refractivity contribution in [1.82, 2.24) is 4.90 Å². The van der Waals surface area contributed by atoms with Crippen molar-refractivity contribution in [3.63, 3.8) is 0 Å². The van der Waals surface area contributed by atoms with Gasteiger partial charge in [-0.05, 0) is 37.0 Å². The first kappa shape index (κ1) is 13.9. The lowest BCUT2D eigenvalue weighted by Gasteiger charge is -2.20. The zero-order chi connectivity index (χ0) is 13.7. The molecule has 0 saturated carbocycles. The molecule has 3 nitrogen and oxygen atoms in total. The zero-order valence-corrected chi connectivity index (χ0v) is 11.9. The summed E-state index contributed by atoms with van der Waals surface area (Å²) in [5.74, 6) is 1.11. The third-order valence-electron chi connectivity index (χ3n) is 3.64. The van der Waals surface area contributed by atoms with E-state index >= 15 is 0 Å². The lowest BCUT2D eigenvalue weighted by atomic mass is 9.93. The van der Waals surface area contributed by atoms with E-state index in [0.717, 1.165) is 50.1 Å². The molecule has 1 amide bonds. The number of carbonyl (C=O) groups excluding carboxylic acids is 1. The van der Waals surface area contributed by atoms with Gasteiger partial charge in [-0.2, -0.15) is 0 Å². The van der Waals surface area contributed by atoms with Crippen molar-refractivity contribution in [2.75, 3.05) is 20.2 Å². The Kier molecular flexibility index (Phi) is 4.83. The van der Waals surface area contributed by atoms with Crippen LogP contribution in [-0.4, -0.2) is 31.0 Å². The van der Waals surface area contributed by atoms with Gasteiger partial charge < -0.3 is 9.64 Å². The molecule has 1 fully saturated rings. The minimum Gasteiger partial charge on any atom is -0.494 e. The molecule has 3 heteroatoms. The second-order valence-electron chi connectivity index (χ2n) is 5.23. The van der Waals surface area contributed by atoms with Gasteiger partial charge in [-0.1, -0.05) is 25.5 Å². The monoisotopic (exact) mass is 261 g/mol. The first-order valence-electron chi connectivity index (χ1n) is 7.20. The molecule has 1 aromatic rings. The van der Waals surface area contributed by atoms with Crippen molar-refractivity contribution < 1.29 is 9.53 Å². The highest BCUT2D eigenvalue weighted by Gasteiger charge is 2.26. The van der Waals surface area contributed by atoms with Crippen LogP contribution in [0.25, 0.3) is 0 Å². The molecule has 0 aromatic heterocycles. The van der Waals surface area contributed by atoms with E-state index in [1.54, 1.807) is 0 Å². The van der Waals surface area contributed by atoms with Gasteiger partial charge in [-0.25, -0.2) is 0 Å². The summed E-state index contributed by atoms with van der Waals surface area (Å²) in [5.41, 5.74) is 1.09. The largest absolute Gasteiger partial charge is 0.494 e. The van der Waals surface area contributed by atoms with Crippen molar-refractivity contribution in [3.05, 3.63) is 29.8 Å². The molecular weight excluding hydrogens is 238 g/mol. The third kappa shape index (κ3) is 3.49. The molecule has 1 heterocycles. The van der Waals surface area contributed by atoms with Gasteiger partial charge in [0.05, 0.1) is 12.5 Å². The van der Waals surface area contributed by atoms with Crippen LogP contribution in [0.15, 0.2) is 24.3 Å². The van der Waals surface area contributed by atoms with Crippen molar-refractivity contribution in [3.8, 4) is 5.75 Å². The van der Waals surface area contributed by atoms with Gasteiger partial charge in [0.2, 0.25) is 5.91 Å². The first-order valence-corrected chi connectivity index (χ1v) is 7.20. The highest BCUT2D eigenvalue weighted by Crippen LogP contribution is 2.29. The highest BCUT2D eigenvalue weighted by molar-refractivity contribution is 5.83. The summed E-state index contributed by atoms with van der Waals surface area (Å²) in [5, 5.41) is 0. The maximum Gasteiger partial charge on any atom is 0.229 e. The Morgan fingerprint density at radius 2 is 2.21 bits per heavy atom. The number of likely N-dealkylation sites (N-methyl/N-ethyl adjacent to an activating group) is 1. The number of hydrogen-bond acceptors (Lipinski definition) is 2. The van der Waals surface area contributed by atoms with Gasteiger partial charge in [0.15, 0.2) is 0 Å². The molecule has 1 aliphatic rings. The van der Waals surface area contributed by atoms with Crippen LogP contribution in [0.3, 0.4) is 0 Å². The molecule has 1 atom stereocenters. The van der Waals surface area contributed by atoms with E-state index < -0.39 is 0 Å². The van der Waals surface area contributed by atoms with Crippen LogP contribution in [0.5, 0.6) is 5.75 Å². The molecule has 0 aliphatic carbocycles. The maximum atomic E-state index is 12.4. The summed E-state index contributed by atoms with van der Waals surface area (Å²) in [6.45, 7) is 3.69. The topological polar surface area (TPSA) is 29.5 Å². The summed E-state index contributed by atoms with van der Waals surface area (Å²) in [6, 6.07) is 8.01. The predicted molar refractivity (Wildman–Crippen MR) is 76.5 cm³/mol. The maximum absolute atomic E-state index is 12.4. The average Bonchev–Trinajstić information content (AvgIpc) is 2.60. The molecule has 1 saturated heterocycles. The van der Waals surface area contributed by atoms with E-state index in [0.29, 0.717) is 0 Å². The number of benzene rings is 1. The second-order valence-corrected chi connectivity index (χ2v) is 5.23. The molecule has 1 aliphatic heterocycles. The Hall–Kier alpha value is -1.51. The number of nitrogens with zero attached hydrogens (tertiary/aromatic N) is 1. The summed E-state index contributed by atoms with van der Waals surface area (Å²) < 4.78 is 5.66. The molecule has 0 radical (unpaired) electrons. The number of ether oxygens (including phenoxy) is 1. The number of hydrogen-bond donors (Lipinski definition) is 0. The Morgan fingerprint density at radius 3 is 3.00 bits per heavy atom. The number of carbonyl (C=O) groups is 1. The molecule has 19 heavy (non-hydrogen) atoms. The molecule has 104 valence electrons. The number of amides is 1. The third-order valence-corrected chi connectivity index (χ3v) is 3.64. The van der Waals surface area contributed by atoms with E-state index in [9.17, 15) is 4.79 Å². The van der Waals surface area contributed by atoms with E-state index in [1.807, 2.05) is 36.2 Å². The quantitative estimate of drug-likeness (QED) is 0.833. The van der Waals surface area contributed by atoms with Crippen LogP contribution in [-0.2, 0) is 4.79 Å². The SMILES string of the molecule is CCCOc1cccc(C2CCCCN(C)C2=O)c1. The van der Waals surface area contributed by atoms with E-state index in [2.05, 4.69) is 6.92 Å². The predicted octanol–water partition coefficient (Wildman–Crippen LogP) is 3.20. The van der Waals surface area contributed by atoms with E-state index in [-0.39, 0.29) is 11.8 Å². The number of rotatable bonds is 4. The van der Waals surface area contributed by atoms with Gasteiger partial charge in [-0.15, -0.1) is 0 Å². The Balaban J connectivity index is 2.17. The standard InChI is InChI=1S/C16H23NO2/c1-3-11-19-14-8-6-7-13(12-14)15-9-4-5-10-17(2)16(15)18/h6-8,12,15H,3-5,9-11H2,1-2H3. The molecular formula is C16H23NO2. The molecule has 0 bridgehead atoms. The van der Waals surface area contributed by atoms with Crippen LogP contribution in [0.4, 0.5) is 0 Å². The summed E-state index contributed by atoms with van der Waals surface area (Å²) in [7, 11) is 1.90. The smallest absolute Gasteiger partial charge is 0.229 e. The fraction of sp³-hybridized carbons (Fsp3) is 0.562. The van der Waals surface area contributed by atoms with Crippen molar-refractivity contribution in [1.29, 1.82) is 0 Å². The van der Waals surface area contributed by atoms with Gasteiger partial charge in [0.1, 0.15) is 5.75 Å². The lowest BCUT2D eigenvalue weighted by Crippen LogP contribution is -2.30. The van der Waals surface area contributed by atoms with Crippen molar-refractivity contribution in [2.24, 2.45) is 0 Å². The molecule has 1 unspecified atom stereocenters. The van der Waals surface area contributed by atoms with Crippen molar-refractivity contribution in [2.45, 2.75) is 38.5 Å². The Labute approximate surface area is 115 Å². The van der Waals surface area contributed by atoms with Crippen LogP contribution in [0.1, 0.15) is 44.1 Å². The number of likely N-dealkylation sites (tertiary alicyclic amines) is 1. The first-order chi connectivity index (χ1) is 9.22. The Morgan fingerprint density at radius 1 is 1.37 bits per heavy atom. The second kappa shape index (κ2) is 6.60. The average molecular weight is 261 g/mol. The van der Waals surface area contributed by atoms with Crippen LogP contribution in [0, 0.1) is 0 Å². The van der Waals surface area contributed by atoms with Gasteiger partial charge in [0, 0.05) is 13.6 Å². The molecule has 1 aromatic carbocycles. The van der Waals surface area contributed by atoms with Crippen LogP contribution < -0.4 is 4.74 Å². The van der Waals surface area contributed by atoms with Gasteiger partial charge in [-0.3, -0.25) is 4.79 Å². The van der Waals surface area contributed by atoms with E-state index in [1.165, 1.54) is 0 Å². The van der Waals surface area contributed by atoms with Gasteiger partial charge >= 0.3 is 0 Å². The molecule has 0 spiro atoms. The Bertz CT molecular complexity index is 431. The van der Waals surface area contributed by atoms with Crippen LogP contribution in [0.2, 0.25) is 0 Å². The lowest BCUT2D eigenvalue weighted by molar-refractivity contribution is -0.130. The minimum absolute atomic E-state index is 0.00215. The zero-order valence-electron chi connectivity index (χ0n) is 11.9. The fourth-order valence-corrected chi connectivity index (χ4v) is 2.55. The normalized spacial score (nSPS) is 20.2. The summed E-state index contributed by atoms with van der Waals surface area (Å²) >= 11 is 0. The summed E-state index contributed by atoms with van der Waals surface area (Å²) in [6.07, 6.45) is 4.15. The van der Waals surface area contributed by atoms with Gasteiger partial charge in [0.25, 0.3) is 0 Å². The van der Waals surface area contributed by atoms with Crippen LogP contribution >= 0.6 is 0 Å². The van der Waals surface area contributed by atoms with Crippen molar-refractivity contribution >= 4 is 5.91 Å². The fourth-order valence-electron chi connectivity index (χ4n) is 2.55. The molecule has 2 rings (SSSR count). The summed E-state index contributed by atoms with van der Waals surface area (Å²) in [4.78, 5) is 14.2. The van der Waals surface area contributed by atoms with E-state index in [4.69, 9.17) is 4.74 Å². The molecule has 0 N–H and O–H groups in total. The highest BCUT2D eigenvalue weighted by atomic mass is 16.5. The minimum atomic E-state index is -0.00215.